The predicted molar refractivity (Wildman–Crippen MR) is 46.4 cm³/mol. The molecule has 0 N–H and O–H groups in total. The normalized spacial score (nSPS) is 34.7. The fourth-order valence-corrected chi connectivity index (χ4v) is 1.84. The van der Waals surface area contributed by atoms with Crippen molar-refractivity contribution in [3.63, 3.8) is 0 Å². The third-order valence-corrected chi connectivity index (χ3v) is 2.49. The molecule has 0 amide bonds. The molecule has 1 nitrogen and oxygen atoms in total. The molecule has 0 aliphatic heterocycles. The monoisotopic (exact) mass is 172 g/mol. The van der Waals surface area contributed by atoms with E-state index in [2.05, 4.69) is 13.0 Å². The van der Waals surface area contributed by atoms with Gasteiger partial charge < -0.3 is 0 Å². The van der Waals surface area contributed by atoms with Gasteiger partial charge in [0.1, 0.15) is 0 Å². The molecule has 0 bridgehead atoms. The first-order chi connectivity index (χ1) is 5.04. The Balaban J connectivity index is 2.55. The van der Waals surface area contributed by atoms with Crippen LogP contribution in [0.5, 0.6) is 0 Å². The fourth-order valence-electron chi connectivity index (χ4n) is 1.49. The molecule has 62 valence electrons. The lowest BCUT2D eigenvalue weighted by atomic mass is 10.2. The average Bonchev–Trinajstić information content (AvgIpc) is 2.40. The van der Waals surface area contributed by atoms with Gasteiger partial charge in [-0.15, -0.1) is 0 Å². The Morgan fingerprint density at radius 2 is 2.00 bits per heavy atom. The Bertz CT molecular complexity index is 204. The molecule has 3 atom stereocenters. The number of carbonyl (C=O) groups is 1. The van der Waals surface area contributed by atoms with Crippen LogP contribution in [0.3, 0.4) is 0 Å². The maximum atomic E-state index is 10.7. The van der Waals surface area contributed by atoms with E-state index in [-0.39, 0.29) is 11.2 Å². The SMILES string of the molecule is CC(C)=CC1C(C)C1C(=O)Cl. The van der Waals surface area contributed by atoms with E-state index in [0.717, 1.165) is 0 Å². The van der Waals surface area contributed by atoms with Crippen LogP contribution in [0.2, 0.25) is 0 Å². The molecule has 3 unspecified atom stereocenters. The summed E-state index contributed by atoms with van der Waals surface area (Å²) in [5, 5.41) is -0.181. The molecule has 0 radical (unpaired) electrons. The largest absolute Gasteiger partial charge is 0.281 e. The highest BCUT2D eigenvalue weighted by Gasteiger charge is 2.49. The lowest BCUT2D eigenvalue weighted by molar-refractivity contribution is -0.113. The summed E-state index contributed by atoms with van der Waals surface area (Å²) in [7, 11) is 0. The number of hydrogen-bond donors (Lipinski definition) is 0. The van der Waals surface area contributed by atoms with Crippen LogP contribution in [0.1, 0.15) is 20.8 Å². The summed E-state index contributed by atoms with van der Waals surface area (Å²) in [5.41, 5.74) is 1.27. The Labute approximate surface area is 72.4 Å². The van der Waals surface area contributed by atoms with Crippen molar-refractivity contribution in [3.05, 3.63) is 11.6 Å². The summed E-state index contributed by atoms with van der Waals surface area (Å²) in [6.45, 7) is 6.15. The van der Waals surface area contributed by atoms with E-state index in [1.807, 2.05) is 13.8 Å². The molecule has 1 aliphatic carbocycles. The first-order valence-corrected chi connectivity index (χ1v) is 4.26. The second kappa shape index (κ2) is 2.98. The molecular formula is C9H13ClO. The van der Waals surface area contributed by atoms with Crippen molar-refractivity contribution >= 4 is 16.8 Å². The second-order valence-electron chi connectivity index (χ2n) is 3.51. The molecule has 0 saturated heterocycles. The van der Waals surface area contributed by atoms with Gasteiger partial charge in [-0.2, -0.15) is 0 Å². The highest BCUT2D eigenvalue weighted by Crippen LogP contribution is 2.48. The molecule has 11 heavy (non-hydrogen) atoms. The number of rotatable bonds is 2. The van der Waals surface area contributed by atoms with Crippen LogP contribution in [0.4, 0.5) is 0 Å². The molecule has 1 aliphatic rings. The third kappa shape index (κ3) is 1.84. The van der Waals surface area contributed by atoms with E-state index >= 15 is 0 Å². The van der Waals surface area contributed by atoms with E-state index in [0.29, 0.717) is 11.8 Å². The molecule has 0 aromatic rings. The summed E-state index contributed by atoms with van der Waals surface area (Å²) in [6, 6.07) is 0. The van der Waals surface area contributed by atoms with Crippen molar-refractivity contribution < 1.29 is 4.79 Å². The minimum absolute atomic E-state index is 0.0894. The first kappa shape index (κ1) is 8.79. The van der Waals surface area contributed by atoms with Gasteiger partial charge in [0.15, 0.2) is 0 Å². The van der Waals surface area contributed by atoms with Crippen molar-refractivity contribution in [1.82, 2.24) is 0 Å². The average molecular weight is 173 g/mol. The van der Waals surface area contributed by atoms with Crippen molar-refractivity contribution in [2.45, 2.75) is 20.8 Å². The number of carbonyl (C=O) groups excluding carboxylic acids is 1. The summed E-state index contributed by atoms with van der Waals surface area (Å²) in [4.78, 5) is 10.7. The van der Waals surface area contributed by atoms with Crippen molar-refractivity contribution in [2.75, 3.05) is 0 Å². The zero-order chi connectivity index (χ0) is 8.59. The Morgan fingerprint density at radius 1 is 1.45 bits per heavy atom. The highest BCUT2D eigenvalue weighted by molar-refractivity contribution is 6.64. The minimum atomic E-state index is -0.181. The molecule has 1 fully saturated rings. The quantitative estimate of drug-likeness (QED) is 0.462. The Kier molecular flexibility index (Phi) is 2.38. The summed E-state index contributed by atoms with van der Waals surface area (Å²) >= 11 is 5.38. The van der Waals surface area contributed by atoms with E-state index in [4.69, 9.17) is 11.6 Å². The van der Waals surface area contributed by atoms with E-state index in [1.165, 1.54) is 5.57 Å². The summed E-state index contributed by atoms with van der Waals surface area (Å²) in [6.07, 6.45) is 2.13. The van der Waals surface area contributed by atoms with Crippen molar-refractivity contribution in [2.24, 2.45) is 17.8 Å². The number of allylic oxidation sites excluding steroid dienone is 2. The first-order valence-electron chi connectivity index (χ1n) is 3.88. The highest BCUT2D eigenvalue weighted by atomic mass is 35.5. The molecule has 0 aromatic carbocycles. The predicted octanol–water partition coefficient (Wildman–Crippen LogP) is 2.60. The zero-order valence-electron chi connectivity index (χ0n) is 7.10. The van der Waals surface area contributed by atoms with Crippen LogP contribution in [0, 0.1) is 17.8 Å². The van der Waals surface area contributed by atoms with Gasteiger partial charge in [-0.3, -0.25) is 4.79 Å². The van der Waals surface area contributed by atoms with E-state index < -0.39 is 0 Å². The fraction of sp³-hybridized carbons (Fsp3) is 0.667. The molecular weight excluding hydrogens is 160 g/mol. The number of hydrogen-bond acceptors (Lipinski definition) is 1. The standard InChI is InChI=1S/C9H13ClO/c1-5(2)4-7-6(3)8(7)9(10)11/h4,6-8H,1-3H3. The molecule has 1 saturated carbocycles. The molecule has 0 heterocycles. The van der Waals surface area contributed by atoms with Gasteiger partial charge in [0.05, 0.1) is 0 Å². The van der Waals surface area contributed by atoms with E-state index in [9.17, 15) is 4.79 Å². The van der Waals surface area contributed by atoms with Gasteiger partial charge in [-0.05, 0) is 37.3 Å². The minimum Gasteiger partial charge on any atom is -0.281 e. The third-order valence-electron chi connectivity index (χ3n) is 2.24. The molecule has 0 aromatic heterocycles. The molecule has 1 rings (SSSR count). The van der Waals surface area contributed by atoms with Crippen molar-refractivity contribution in [3.8, 4) is 0 Å². The van der Waals surface area contributed by atoms with Crippen LogP contribution in [0.25, 0.3) is 0 Å². The molecule has 0 spiro atoms. The number of halogens is 1. The lowest BCUT2D eigenvalue weighted by Crippen LogP contribution is -1.90. The van der Waals surface area contributed by atoms with Gasteiger partial charge in [0, 0.05) is 5.92 Å². The lowest BCUT2D eigenvalue weighted by Gasteiger charge is -1.87. The van der Waals surface area contributed by atoms with Gasteiger partial charge in [-0.1, -0.05) is 18.6 Å². The second-order valence-corrected chi connectivity index (χ2v) is 3.88. The van der Waals surface area contributed by atoms with Gasteiger partial charge >= 0.3 is 0 Å². The maximum absolute atomic E-state index is 10.7. The van der Waals surface area contributed by atoms with Gasteiger partial charge in [0.2, 0.25) is 5.24 Å². The van der Waals surface area contributed by atoms with Crippen LogP contribution >= 0.6 is 11.6 Å². The molecule has 2 heteroatoms. The topological polar surface area (TPSA) is 17.1 Å². The summed E-state index contributed by atoms with van der Waals surface area (Å²) < 4.78 is 0. The zero-order valence-corrected chi connectivity index (χ0v) is 7.85. The summed E-state index contributed by atoms with van der Waals surface area (Å²) in [5.74, 6) is 0.950. The smallest absolute Gasteiger partial charge is 0.225 e. The van der Waals surface area contributed by atoms with E-state index in [1.54, 1.807) is 0 Å². The van der Waals surface area contributed by atoms with Gasteiger partial charge in [0.25, 0.3) is 0 Å². The van der Waals surface area contributed by atoms with Crippen LogP contribution in [-0.2, 0) is 4.79 Å². The Morgan fingerprint density at radius 3 is 2.27 bits per heavy atom. The van der Waals surface area contributed by atoms with Crippen LogP contribution in [-0.4, -0.2) is 5.24 Å². The Hall–Kier alpha value is -0.300. The van der Waals surface area contributed by atoms with Crippen LogP contribution in [0.15, 0.2) is 11.6 Å². The van der Waals surface area contributed by atoms with Crippen LogP contribution < -0.4 is 0 Å². The van der Waals surface area contributed by atoms with Gasteiger partial charge in [-0.25, -0.2) is 0 Å². The maximum Gasteiger partial charge on any atom is 0.225 e. The van der Waals surface area contributed by atoms with Crippen molar-refractivity contribution in [1.29, 1.82) is 0 Å².